The molecule has 4 aliphatic rings. The van der Waals surface area contributed by atoms with Crippen molar-refractivity contribution in [2.45, 2.75) is 58.8 Å². The van der Waals surface area contributed by atoms with Gasteiger partial charge in [-0.2, -0.15) is 0 Å². The van der Waals surface area contributed by atoms with Crippen molar-refractivity contribution in [3.05, 3.63) is 34.9 Å². The van der Waals surface area contributed by atoms with Crippen LogP contribution in [0.4, 0.5) is 0 Å². The second-order valence-electron chi connectivity index (χ2n) is 11.1. The Morgan fingerprint density at radius 2 is 1.59 bits per heavy atom. The van der Waals surface area contributed by atoms with E-state index in [0.717, 1.165) is 49.7 Å². The average Bonchev–Trinajstić information content (AvgIpc) is 3.08. The van der Waals surface area contributed by atoms with Gasteiger partial charge in [-0.1, -0.05) is 19.4 Å². The number of ether oxygens (including phenoxy) is 3. The third-order valence-corrected chi connectivity index (χ3v) is 9.63. The molecule has 0 spiro atoms. The highest BCUT2D eigenvalue weighted by molar-refractivity contribution is 6.06. The normalized spacial score (nSPS) is 35.9. The largest absolute Gasteiger partial charge is 0.493 e. The summed E-state index contributed by atoms with van der Waals surface area (Å²) in [6.07, 6.45) is 10.5. The van der Waals surface area contributed by atoms with Crippen LogP contribution in [0.15, 0.2) is 29.4 Å². The number of carbonyl (C=O) groups excluding carboxylic acids is 2. The van der Waals surface area contributed by atoms with E-state index in [1.807, 2.05) is 24.3 Å². The fourth-order valence-corrected chi connectivity index (χ4v) is 7.74. The Morgan fingerprint density at radius 3 is 2.24 bits per heavy atom. The molecule has 4 aliphatic carbocycles. The lowest BCUT2D eigenvalue weighted by Crippen LogP contribution is -2.50. The van der Waals surface area contributed by atoms with Gasteiger partial charge in [-0.3, -0.25) is 9.59 Å². The molecule has 0 bridgehead atoms. The van der Waals surface area contributed by atoms with Crippen LogP contribution >= 0.6 is 0 Å². The van der Waals surface area contributed by atoms with Crippen molar-refractivity contribution in [2.75, 3.05) is 21.3 Å². The number of allylic oxidation sites excluding steroid dienone is 2. The molecule has 3 unspecified atom stereocenters. The molecule has 5 atom stereocenters. The quantitative estimate of drug-likeness (QED) is 0.527. The van der Waals surface area contributed by atoms with Crippen LogP contribution in [0.3, 0.4) is 0 Å². The van der Waals surface area contributed by atoms with Gasteiger partial charge in [0.1, 0.15) is 0 Å². The van der Waals surface area contributed by atoms with E-state index in [2.05, 4.69) is 13.8 Å². The predicted molar refractivity (Wildman–Crippen MR) is 131 cm³/mol. The van der Waals surface area contributed by atoms with Crippen molar-refractivity contribution in [1.82, 2.24) is 0 Å². The van der Waals surface area contributed by atoms with E-state index >= 15 is 0 Å². The lowest BCUT2D eigenvalue weighted by molar-refractivity contribution is -0.130. The summed E-state index contributed by atoms with van der Waals surface area (Å²) < 4.78 is 16.5. The molecule has 3 fully saturated rings. The van der Waals surface area contributed by atoms with Crippen LogP contribution < -0.4 is 14.2 Å². The molecule has 0 heterocycles. The highest BCUT2D eigenvalue weighted by Crippen LogP contribution is 2.65. The standard InChI is InChI=1S/C29H36O5/c1-28-10-8-20(30)16-19(28)6-7-21-22(28)9-11-29(2)23(21)15-18(27(29)31)12-17-13-24(32-3)26(34-5)25(14-17)33-4/h12-14,16,21-23H,6-11,15H2,1-5H3/b18-12+/t21?,22?,23?,28-,29-/m0/s1. The summed E-state index contributed by atoms with van der Waals surface area (Å²) in [5.74, 6) is 3.79. The molecule has 0 N–H and O–H groups in total. The van der Waals surface area contributed by atoms with Crippen molar-refractivity contribution >= 4 is 17.6 Å². The molecule has 0 aromatic heterocycles. The fourth-order valence-electron chi connectivity index (χ4n) is 7.74. The van der Waals surface area contributed by atoms with Crippen molar-refractivity contribution < 1.29 is 23.8 Å². The Labute approximate surface area is 202 Å². The van der Waals surface area contributed by atoms with Gasteiger partial charge in [0.15, 0.2) is 23.1 Å². The van der Waals surface area contributed by atoms with E-state index in [-0.39, 0.29) is 16.6 Å². The van der Waals surface area contributed by atoms with E-state index < -0.39 is 0 Å². The van der Waals surface area contributed by atoms with Gasteiger partial charge in [0, 0.05) is 11.8 Å². The summed E-state index contributed by atoms with van der Waals surface area (Å²) in [4.78, 5) is 25.9. The number of benzene rings is 1. The molecule has 5 heteroatoms. The highest BCUT2D eigenvalue weighted by Gasteiger charge is 2.60. The van der Waals surface area contributed by atoms with Crippen molar-refractivity contribution in [1.29, 1.82) is 0 Å². The smallest absolute Gasteiger partial charge is 0.203 e. The monoisotopic (exact) mass is 464 g/mol. The van der Waals surface area contributed by atoms with E-state index in [1.54, 1.807) is 21.3 Å². The number of hydrogen-bond acceptors (Lipinski definition) is 5. The molecular formula is C29H36O5. The molecule has 5 rings (SSSR count). The Kier molecular flexibility index (Phi) is 5.65. The molecule has 0 amide bonds. The number of fused-ring (bicyclic) bond motifs is 5. The summed E-state index contributed by atoms with van der Waals surface area (Å²) >= 11 is 0. The molecule has 0 saturated heterocycles. The predicted octanol–water partition coefficient (Wildman–Crippen LogP) is 5.81. The summed E-state index contributed by atoms with van der Waals surface area (Å²) in [5.41, 5.74) is 2.99. The van der Waals surface area contributed by atoms with Crippen LogP contribution in [0.25, 0.3) is 6.08 Å². The van der Waals surface area contributed by atoms with Crippen LogP contribution in [0.1, 0.15) is 64.4 Å². The Balaban J connectivity index is 1.48. The number of hydrogen-bond donors (Lipinski definition) is 0. The van der Waals surface area contributed by atoms with Crippen molar-refractivity contribution in [3.8, 4) is 17.2 Å². The molecule has 5 nitrogen and oxygen atoms in total. The highest BCUT2D eigenvalue weighted by atomic mass is 16.5. The zero-order valence-corrected chi connectivity index (χ0v) is 21.0. The van der Waals surface area contributed by atoms with Crippen molar-refractivity contribution in [3.63, 3.8) is 0 Å². The number of methoxy groups -OCH3 is 3. The van der Waals surface area contributed by atoms with E-state index in [1.165, 1.54) is 5.57 Å². The van der Waals surface area contributed by atoms with Gasteiger partial charge >= 0.3 is 0 Å². The topological polar surface area (TPSA) is 61.8 Å². The zero-order valence-electron chi connectivity index (χ0n) is 21.0. The second kappa shape index (κ2) is 8.28. The molecule has 34 heavy (non-hydrogen) atoms. The first-order valence-electron chi connectivity index (χ1n) is 12.5. The van der Waals surface area contributed by atoms with Crippen LogP contribution in [0.5, 0.6) is 17.2 Å². The van der Waals surface area contributed by atoms with Gasteiger partial charge in [-0.15, -0.1) is 0 Å². The minimum Gasteiger partial charge on any atom is -0.493 e. The van der Waals surface area contributed by atoms with E-state index in [4.69, 9.17) is 14.2 Å². The van der Waals surface area contributed by atoms with Crippen LogP contribution in [-0.2, 0) is 9.59 Å². The number of ketones is 2. The van der Waals surface area contributed by atoms with Gasteiger partial charge in [0.05, 0.1) is 21.3 Å². The summed E-state index contributed by atoms with van der Waals surface area (Å²) in [6.45, 7) is 4.58. The Morgan fingerprint density at radius 1 is 0.882 bits per heavy atom. The molecule has 0 aliphatic heterocycles. The number of rotatable bonds is 4. The second-order valence-corrected chi connectivity index (χ2v) is 11.1. The first-order valence-corrected chi connectivity index (χ1v) is 12.5. The van der Waals surface area contributed by atoms with Gasteiger partial charge in [-0.25, -0.2) is 0 Å². The Hall–Kier alpha value is -2.56. The SMILES string of the molecule is COc1cc(/C=C2\CC3C4CCC5=CC(=O)CC[C@]5(C)C4CC[C@]3(C)C2=O)cc(OC)c1OC. The number of carbonyl (C=O) groups is 2. The van der Waals surface area contributed by atoms with Gasteiger partial charge in [0.2, 0.25) is 5.75 Å². The van der Waals surface area contributed by atoms with E-state index in [9.17, 15) is 9.59 Å². The van der Waals surface area contributed by atoms with Crippen LogP contribution in [-0.4, -0.2) is 32.9 Å². The molecule has 182 valence electrons. The zero-order chi connectivity index (χ0) is 24.3. The third-order valence-electron chi connectivity index (χ3n) is 9.63. The molecule has 3 saturated carbocycles. The van der Waals surface area contributed by atoms with Gasteiger partial charge < -0.3 is 14.2 Å². The van der Waals surface area contributed by atoms with Crippen molar-refractivity contribution in [2.24, 2.45) is 28.6 Å². The lowest BCUT2D eigenvalue weighted by Gasteiger charge is -2.56. The van der Waals surface area contributed by atoms with Gasteiger partial charge in [-0.05, 0) is 97.1 Å². The maximum atomic E-state index is 13.8. The van der Waals surface area contributed by atoms with Crippen LogP contribution in [0.2, 0.25) is 0 Å². The Bertz CT molecular complexity index is 1070. The summed E-state index contributed by atoms with van der Waals surface area (Å²) in [5, 5.41) is 0. The fraction of sp³-hybridized carbons (Fsp3) is 0.586. The minimum absolute atomic E-state index is 0.115. The van der Waals surface area contributed by atoms with Gasteiger partial charge in [0.25, 0.3) is 0 Å². The van der Waals surface area contributed by atoms with Crippen LogP contribution in [0, 0.1) is 28.6 Å². The van der Waals surface area contributed by atoms with E-state index in [0.29, 0.717) is 47.2 Å². The molecule has 1 aromatic rings. The first kappa shape index (κ1) is 23.2. The minimum atomic E-state index is -0.296. The average molecular weight is 465 g/mol. The summed E-state index contributed by atoms with van der Waals surface area (Å²) in [7, 11) is 4.81. The maximum absolute atomic E-state index is 13.8. The summed E-state index contributed by atoms with van der Waals surface area (Å²) in [6, 6.07) is 3.82. The molecule has 1 aromatic carbocycles. The third kappa shape index (κ3) is 3.34. The molecule has 0 radical (unpaired) electrons. The first-order chi connectivity index (χ1) is 16.2. The lowest BCUT2D eigenvalue weighted by atomic mass is 9.47. The number of Topliss-reactive ketones (excluding diaryl/α,β-unsaturated/α-hetero) is 1. The molecular weight excluding hydrogens is 428 g/mol. The maximum Gasteiger partial charge on any atom is 0.203 e.